The Kier molecular flexibility index (Phi) is 6.96. The van der Waals surface area contributed by atoms with Crippen LogP contribution in [0.3, 0.4) is 0 Å². The highest BCUT2D eigenvalue weighted by molar-refractivity contribution is 5.80. The van der Waals surface area contributed by atoms with Crippen molar-refractivity contribution < 1.29 is 4.74 Å². The number of guanidine groups is 1. The molecule has 2 aliphatic rings. The third kappa shape index (κ3) is 5.13. The lowest BCUT2D eigenvalue weighted by Crippen LogP contribution is -2.52. The highest BCUT2D eigenvalue weighted by Crippen LogP contribution is 2.34. The molecule has 0 aromatic heterocycles. The number of hydrogen-bond acceptors (Lipinski definition) is 3. The van der Waals surface area contributed by atoms with Gasteiger partial charge in [-0.1, -0.05) is 27.2 Å². The maximum atomic E-state index is 5.47. The number of hydrogen-bond donors (Lipinski definition) is 2. The van der Waals surface area contributed by atoms with Gasteiger partial charge in [-0.3, -0.25) is 9.89 Å². The summed E-state index contributed by atoms with van der Waals surface area (Å²) < 4.78 is 5.47. The average molecular weight is 310 g/mol. The van der Waals surface area contributed by atoms with E-state index in [0.717, 1.165) is 44.7 Å². The van der Waals surface area contributed by atoms with Gasteiger partial charge in [-0.15, -0.1) is 0 Å². The van der Waals surface area contributed by atoms with Crippen LogP contribution in [0.2, 0.25) is 0 Å². The number of rotatable bonds is 7. The summed E-state index contributed by atoms with van der Waals surface area (Å²) in [5.74, 6) is 2.43. The third-order valence-electron chi connectivity index (χ3n) is 4.89. The lowest BCUT2D eigenvalue weighted by Gasteiger charge is -2.37. The Labute approximate surface area is 135 Å². The zero-order valence-electron chi connectivity index (χ0n) is 14.8. The van der Waals surface area contributed by atoms with Gasteiger partial charge in [0.25, 0.3) is 0 Å². The van der Waals surface area contributed by atoms with Crippen molar-refractivity contribution in [3.8, 4) is 0 Å². The van der Waals surface area contributed by atoms with Crippen LogP contribution in [0.25, 0.3) is 0 Å². The van der Waals surface area contributed by atoms with E-state index in [2.05, 4.69) is 41.3 Å². The molecule has 1 aliphatic carbocycles. The second kappa shape index (κ2) is 8.73. The van der Waals surface area contributed by atoms with Crippen molar-refractivity contribution in [1.82, 2.24) is 15.5 Å². The molecule has 1 saturated carbocycles. The number of aliphatic imine (C=N–C) groups is 1. The number of nitrogens with one attached hydrogen (secondary N) is 2. The summed E-state index contributed by atoms with van der Waals surface area (Å²) in [5, 5.41) is 7.11. The first-order chi connectivity index (χ1) is 10.7. The van der Waals surface area contributed by atoms with E-state index in [1.54, 1.807) is 0 Å². The van der Waals surface area contributed by atoms with Crippen LogP contribution in [-0.2, 0) is 4.74 Å². The van der Waals surface area contributed by atoms with Crippen LogP contribution in [0.4, 0.5) is 0 Å². The second-order valence-corrected chi connectivity index (χ2v) is 6.95. The topological polar surface area (TPSA) is 48.9 Å². The van der Waals surface area contributed by atoms with Gasteiger partial charge >= 0.3 is 0 Å². The Hall–Kier alpha value is -0.810. The molecule has 0 bridgehead atoms. The van der Waals surface area contributed by atoms with Crippen molar-refractivity contribution >= 4 is 5.96 Å². The second-order valence-electron chi connectivity index (χ2n) is 6.95. The zero-order chi connectivity index (χ0) is 15.9. The SMILES string of the molecule is CCCC1CC1NC(=NC)NCC(C(C)C)N1CCOCC1. The van der Waals surface area contributed by atoms with Crippen LogP contribution < -0.4 is 10.6 Å². The van der Waals surface area contributed by atoms with E-state index >= 15 is 0 Å². The van der Waals surface area contributed by atoms with E-state index in [1.165, 1.54) is 19.3 Å². The molecular formula is C17H34N4O. The Morgan fingerprint density at radius 2 is 2.05 bits per heavy atom. The quantitative estimate of drug-likeness (QED) is 0.555. The molecule has 2 rings (SSSR count). The van der Waals surface area contributed by atoms with Gasteiger partial charge in [0.1, 0.15) is 0 Å². The van der Waals surface area contributed by atoms with E-state index in [9.17, 15) is 0 Å². The van der Waals surface area contributed by atoms with Crippen molar-refractivity contribution in [3.05, 3.63) is 0 Å². The molecule has 0 aromatic rings. The first-order valence-corrected chi connectivity index (χ1v) is 8.94. The molecule has 5 heteroatoms. The molecule has 1 aliphatic heterocycles. The van der Waals surface area contributed by atoms with Gasteiger partial charge in [0.15, 0.2) is 5.96 Å². The van der Waals surface area contributed by atoms with Crippen LogP contribution in [0.15, 0.2) is 4.99 Å². The molecule has 0 radical (unpaired) electrons. The molecule has 128 valence electrons. The summed E-state index contributed by atoms with van der Waals surface area (Å²) in [6.07, 6.45) is 3.91. The average Bonchev–Trinajstić information content (AvgIpc) is 3.25. The Morgan fingerprint density at radius 1 is 1.32 bits per heavy atom. The fourth-order valence-corrected chi connectivity index (χ4v) is 3.38. The molecule has 5 nitrogen and oxygen atoms in total. The fourth-order valence-electron chi connectivity index (χ4n) is 3.38. The summed E-state index contributed by atoms with van der Waals surface area (Å²) >= 11 is 0. The van der Waals surface area contributed by atoms with Gasteiger partial charge in [0.05, 0.1) is 13.2 Å². The molecular weight excluding hydrogens is 276 g/mol. The molecule has 2 fully saturated rings. The van der Waals surface area contributed by atoms with Crippen LogP contribution in [0, 0.1) is 11.8 Å². The summed E-state index contributed by atoms with van der Waals surface area (Å²) in [5.41, 5.74) is 0. The molecule has 1 heterocycles. The minimum Gasteiger partial charge on any atom is -0.379 e. The van der Waals surface area contributed by atoms with E-state index in [-0.39, 0.29) is 0 Å². The Balaban J connectivity index is 1.77. The van der Waals surface area contributed by atoms with Crippen LogP contribution in [0.1, 0.15) is 40.0 Å². The van der Waals surface area contributed by atoms with Crippen molar-refractivity contribution in [3.63, 3.8) is 0 Å². The van der Waals surface area contributed by atoms with Gasteiger partial charge in [0.2, 0.25) is 0 Å². The van der Waals surface area contributed by atoms with Gasteiger partial charge in [-0.2, -0.15) is 0 Å². The minimum absolute atomic E-state index is 0.535. The molecule has 1 saturated heterocycles. The Bertz CT molecular complexity index is 353. The lowest BCUT2D eigenvalue weighted by atomic mass is 10.0. The standard InChI is InChI=1S/C17H34N4O/c1-5-6-14-11-15(14)20-17(18-4)19-12-16(13(2)3)21-7-9-22-10-8-21/h13-16H,5-12H2,1-4H3,(H2,18,19,20). The van der Waals surface area contributed by atoms with Crippen molar-refractivity contribution in [2.75, 3.05) is 39.9 Å². The molecule has 3 atom stereocenters. The molecule has 0 spiro atoms. The summed E-state index contributed by atoms with van der Waals surface area (Å²) in [6.45, 7) is 11.6. The monoisotopic (exact) mass is 310 g/mol. The van der Waals surface area contributed by atoms with E-state index in [4.69, 9.17) is 4.74 Å². The van der Waals surface area contributed by atoms with Crippen molar-refractivity contribution in [1.29, 1.82) is 0 Å². The first kappa shape index (κ1) is 17.5. The van der Waals surface area contributed by atoms with Gasteiger partial charge in [-0.25, -0.2) is 0 Å². The van der Waals surface area contributed by atoms with Gasteiger partial charge in [-0.05, 0) is 24.7 Å². The maximum absolute atomic E-state index is 5.47. The van der Waals surface area contributed by atoms with E-state index in [1.807, 2.05) is 7.05 Å². The summed E-state index contributed by atoms with van der Waals surface area (Å²) in [7, 11) is 1.87. The third-order valence-corrected chi connectivity index (χ3v) is 4.89. The fraction of sp³-hybridized carbons (Fsp3) is 0.941. The highest BCUT2D eigenvalue weighted by atomic mass is 16.5. The maximum Gasteiger partial charge on any atom is 0.191 e. The number of ether oxygens (including phenoxy) is 1. The van der Waals surface area contributed by atoms with Crippen LogP contribution in [-0.4, -0.2) is 62.8 Å². The molecule has 0 amide bonds. The van der Waals surface area contributed by atoms with Gasteiger partial charge in [0, 0.05) is 38.8 Å². The van der Waals surface area contributed by atoms with E-state index in [0.29, 0.717) is 18.0 Å². The predicted molar refractivity (Wildman–Crippen MR) is 92.3 cm³/mol. The minimum atomic E-state index is 0.535. The number of nitrogens with zero attached hydrogens (tertiary/aromatic N) is 2. The summed E-state index contributed by atoms with van der Waals surface area (Å²) in [6, 6.07) is 1.17. The molecule has 2 N–H and O–H groups in total. The molecule has 3 unspecified atom stereocenters. The highest BCUT2D eigenvalue weighted by Gasteiger charge is 2.36. The largest absolute Gasteiger partial charge is 0.379 e. The summed E-state index contributed by atoms with van der Waals surface area (Å²) in [4.78, 5) is 6.94. The van der Waals surface area contributed by atoms with Crippen LogP contribution in [0.5, 0.6) is 0 Å². The first-order valence-electron chi connectivity index (χ1n) is 8.94. The Morgan fingerprint density at radius 3 is 2.64 bits per heavy atom. The predicted octanol–water partition coefficient (Wildman–Crippen LogP) is 1.70. The normalized spacial score (nSPS) is 27.8. The number of morpholine rings is 1. The van der Waals surface area contributed by atoms with Crippen molar-refractivity contribution in [2.45, 2.75) is 52.1 Å². The molecule has 22 heavy (non-hydrogen) atoms. The lowest BCUT2D eigenvalue weighted by molar-refractivity contribution is 0.00752. The van der Waals surface area contributed by atoms with E-state index < -0.39 is 0 Å². The molecule has 0 aromatic carbocycles. The van der Waals surface area contributed by atoms with Gasteiger partial charge < -0.3 is 15.4 Å². The van der Waals surface area contributed by atoms with Crippen molar-refractivity contribution in [2.24, 2.45) is 16.8 Å². The zero-order valence-corrected chi connectivity index (χ0v) is 14.8. The van der Waals surface area contributed by atoms with Crippen LogP contribution >= 0.6 is 0 Å². The smallest absolute Gasteiger partial charge is 0.191 e.